The summed E-state index contributed by atoms with van der Waals surface area (Å²) in [5.74, 6) is 0. The molecule has 2 aromatic heterocycles. The lowest BCUT2D eigenvalue weighted by atomic mass is 10.0. The van der Waals surface area contributed by atoms with E-state index in [2.05, 4.69) is 10.1 Å². The fourth-order valence-electron chi connectivity index (χ4n) is 4.03. The molecular formula is C25H27F3N6OS. The van der Waals surface area contributed by atoms with Crippen LogP contribution in [0.2, 0.25) is 0 Å². The molecule has 1 fully saturated rings. The zero-order chi connectivity index (χ0) is 25.9. The monoisotopic (exact) mass is 516 g/mol. The third kappa shape index (κ3) is 5.52. The Morgan fingerprint density at radius 3 is 2.44 bits per heavy atom. The Hall–Kier alpha value is -3.44. The molecule has 11 heteroatoms. The highest BCUT2D eigenvalue weighted by atomic mass is 32.1. The number of carbonyl (C=O) groups excluding carboxylic acids is 1. The number of rotatable bonds is 3. The van der Waals surface area contributed by atoms with Gasteiger partial charge < -0.3 is 10.6 Å². The summed E-state index contributed by atoms with van der Waals surface area (Å²) in [6, 6.07) is 11.6. The van der Waals surface area contributed by atoms with Crippen LogP contribution in [-0.4, -0.2) is 56.8 Å². The van der Waals surface area contributed by atoms with Crippen LogP contribution < -0.4 is 5.73 Å². The summed E-state index contributed by atoms with van der Waals surface area (Å²) in [5, 5.41) is 4.48. The number of hydrogen-bond acceptors (Lipinski definition) is 6. The summed E-state index contributed by atoms with van der Waals surface area (Å²) >= 11 is 1.37. The molecule has 1 saturated heterocycles. The first kappa shape index (κ1) is 25.6. The molecule has 0 bridgehead atoms. The number of aromatic nitrogens is 3. The van der Waals surface area contributed by atoms with Crippen LogP contribution in [0.25, 0.3) is 20.8 Å². The molecule has 4 aromatic rings. The highest BCUT2D eigenvalue weighted by Crippen LogP contribution is 2.37. The van der Waals surface area contributed by atoms with Crippen LogP contribution >= 0.6 is 11.3 Å². The van der Waals surface area contributed by atoms with Gasteiger partial charge in [0.05, 0.1) is 33.9 Å². The number of nitrogens with zero attached hydrogens (tertiary/aromatic N) is 5. The molecule has 7 nitrogen and oxygen atoms in total. The van der Waals surface area contributed by atoms with Gasteiger partial charge in [-0.1, -0.05) is 38.1 Å². The predicted molar refractivity (Wildman–Crippen MR) is 136 cm³/mol. The van der Waals surface area contributed by atoms with Gasteiger partial charge in [0.1, 0.15) is 5.01 Å². The van der Waals surface area contributed by atoms with Gasteiger partial charge in [-0.3, -0.25) is 4.90 Å². The van der Waals surface area contributed by atoms with E-state index in [4.69, 9.17) is 5.73 Å². The van der Waals surface area contributed by atoms with Crippen molar-refractivity contribution in [1.29, 1.82) is 0 Å². The number of nitrogens with two attached hydrogens (primary N) is 1. The van der Waals surface area contributed by atoms with Crippen molar-refractivity contribution in [1.82, 2.24) is 24.6 Å². The summed E-state index contributed by atoms with van der Waals surface area (Å²) in [7, 11) is 0. The zero-order valence-electron chi connectivity index (χ0n) is 20.0. The maximum absolute atomic E-state index is 14.0. The Morgan fingerprint density at radius 2 is 1.81 bits per heavy atom. The van der Waals surface area contributed by atoms with Gasteiger partial charge in [-0.25, -0.2) is 9.78 Å². The minimum Gasteiger partial charge on any atom is -0.396 e. The molecule has 1 aliphatic rings. The highest BCUT2D eigenvalue weighted by molar-refractivity contribution is 7.21. The largest absolute Gasteiger partial charge is 0.416 e. The van der Waals surface area contributed by atoms with Gasteiger partial charge in [0.15, 0.2) is 0 Å². The molecule has 0 spiro atoms. The number of nitrogen functional groups attached to an aromatic ring is 1. The molecular weight excluding hydrogens is 489 g/mol. The van der Waals surface area contributed by atoms with Crippen LogP contribution in [0.1, 0.15) is 25.0 Å². The number of para-hydroxylation sites is 1. The van der Waals surface area contributed by atoms with E-state index in [1.165, 1.54) is 40.5 Å². The van der Waals surface area contributed by atoms with Crippen LogP contribution in [0.15, 0.2) is 54.9 Å². The van der Waals surface area contributed by atoms with Gasteiger partial charge in [0, 0.05) is 38.3 Å². The quantitative estimate of drug-likeness (QED) is 0.385. The second-order valence-corrected chi connectivity index (χ2v) is 9.15. The highest BCUT2D eigenvalue weighted by Gasteiger charge is 2.34. The van der Waals surface area contributed by atoms with Gasteiger partial charge in [0.2, 0.25) is 0 Å². The molecule has 0 saturated carbocycles. The average molecular weight is 517 g/mol. The van der Waals surface area contributed by atoms with Gasteiger partial charge in [-0.2, -0.15) is 23.0 Å². The Morgan fingerprint density at radius 1 is 1.08 bits per heavy atom. The minimum absolute atomic E-state index is 0.145. The van der Waals surface area contributed by atoms with Crippen LogP contribution in [-0.2, 0) is 12.7 Å². The maximum Gasteiger partial charge on any atom is 0.416 e. The number of piperazine rings is 1. The molecule has 0 aliphatic carbocycles. The van der Waals surface area contributed by atoms with E-state index in [1.54, 1.807) is 11.0 Å². The number of alkyl halides is 3. The number of benzene rings is 2. The molecule has 5 rings (SSSR count). The molecule has 2 N–H and O–H groups in total. The fraction of sp³-hybridized carbons (Fsp3) is 0.320. The molecule has 0 atom stereocenters. The van der Waals surface area contributed by atoms with E-state index in [0.29, 0.717) is 42.4 Å². The summed E-state index contributed by atoms with van der Waals surface area (Å²) < 4.78 is 44.0. The number of carbonyl (C=O) groups is 1. The molecule has 36 heavy (non-hydrogen) atoms. The number of hydrogen-bond donors (Lipinski definition) is 1. The summed E-state index contributed by atoms with van der Waals surface area (Å²) in [6.07, 6.45) is -1.65. The topological polar surface area (TPSA) is 80.3 Å². The smallest absolute Gasteiger partial charge is 0.396 e. The van der Waals surface area contributed by atoms with Crippen molar-refractivity contribution in [3.05, 3.63) is 66.0 Å². The lowest BCUT2D eigenvalue weighted by Gasteiger charge is -2.34. The number of halogens is 3. The Labute approximate surface area is 210 Å². The van der Waals surface area contributed by atoms with Crippen LogP contribution in [0.5, 0.6) is 0 Å². The number of thiazole rings is 1. The first-order valence-corrected chi connectivity index (χ1v) is 12.5. The van der Waals surface area contributed by atoms with Crippen molar-refractivity contribution < 1.29 is 18.0 Å². The molecule has 0 unspecified atom stereocenters. The SMILES string of the molecule is CC.Nc1cnn(C(=O)N2CCN(Cc3ccc(-c4nc5ccccc5s4)cc3C(F)(F)F)CC2)c1. The minimum atomic E-state index is -4.49. The summed E-state index contributed by atoms with van der Waals surface area (Å²) in [5.41, 5.74) is 6.77. The van der Waals surface area contributed by atoms with Crippen LogP contribution in [0.3, 0.4) is 0 Å². The second kappa shape index (κ2) is 10.7. The van der Waals surface area contributed by atoms with E-state index >= 15 is 0 Å². The van der Waals surface area contributed by atoms with E-state index in [0.717, 1.165) is 10.2 Å². The predicted octanol–water partition coefficient (Wildman–Crippen LogP) is 5.57. The average Bonchev–Trinajstić information content (AvgIpc) is 3.51. The van der Waals surface area contributed by atoms with Crippen molar-refractivity contribution in [3.63, 3.8) is 0 Å². The third-order valence-corrected chi connectivity index (χ3v) is 6.88. The molecule has 0 radical (unpaired) electrons. The van der Waals surface area contributed by atoms with Crippen LogP contribution in [0.4, 0.5) is 23.7 Å². The van der Waals surface area contributed by atoms with Crippen molar-refractivity contribution in [2.75, 3.05) is 31.9 Å². The molecule has 2 aromatic carbocycles. The number of amides is 1. The standard InChI is InChI=1S/C23H21F3N6OS.C2H6/c24-23(25,26)18-11-15(21-29-19-3-1-2-4-20(19)34-21)5-6-16(18)13-30-7-9-31(10-8-30)22(33)32-14-17(27)12-28-32;1-2/h1-6,11-12,14H,7-10,13,27H2;1-2H3. The first-order chi connectivity index (χ1) is 17.3. The third-order valence-electron chi connectivity index (χ3n) is 5.79. The maximum atomic E-state index is 14.0. The van der Waals surface area contributed by atoms with Crippen molar-refractivity contribution in [2.45, 2.75) is 26.6 Å². The number of anilines is 1. The molecule has 190 valence electrons. The Balaban J connectivity index is 0.00000148. The van der Waals surface area contributed by atoms with Gasteiger partial charge in [-0.15, -0.1) is 11.3 Å². The van der Waals surface area contributed by atoms with E-state index in [9.17, 15) is 18.0 Å². The van der Waals surface area contributed by atoms with Crippen molar-refractivity contribution in [2.24, 2.45) is 0 Å². The molecule has 3 heterocycles. The number of fused-ring (bicyclic) bond motifs is 1. The Kier molecular flexibility index (Phi) is 7.60. The fourth-order valence-corrected chi connectivity index (χ4v) is 4.99. The van der Waals surface area contributed by atoms with Gasteiger partial charge >= 0.3 is 12.2 Å². The van der Waals surface area contributed by atoms with Crippen LogP contribution in [0, 0.1) is 0 Å². The summed E-state index contributed by atoms with van der Waals surface area (Å²) in [4.78, 5) is 20.5. The van der Waals surface area contributed by atoms with E-state index in [1.807, 2.05) is 43.0 Å². The first-order valence-electron chi connectivity index (χ1n) is 11.7. The van der Waals surface area contributed by atoms with Gasteiger partial charge in [-0.05, 0) is 23.8 Å². The second-order valence-electron chi connectivity index (χ2n) is 8.12. The van der Waals surface area contributed by atoms with Crippen molar-refractivity contribution in [3.8, 4) is 10.6 Å². The Bertz CT molecular complexity index is 1310. The van der Waals surface area contributed by atoms with Crippen molar-refractivity contribution >= 4 is 33.3 Å². The summed E-state index contributed by atoms with van der Waals surface area (Å²) in [6.45, 7) is 5.85. The lowest BCUT2D eigenvalue weighted by molar-refractivity contribution is -0.138. The lowest BCUT2D eigenvalue weighted by Crippen LogP contribution is -2.49. The van der Waals surface area contributed by atoms with E-state index in [-0.39, 0.29) is 18.1 Å². The zero-order valence-corrected chi connectivity index (χ0v) is 20.8. The molecule has 1 aliphatic heterocycles. The normalized spacial score (nSPS) is 14.5. The van der Waals surface area contributed by atoms with E-state index < -0.39 is 11.7 Å². The molecule has 1 amide bonds. The van der Waals surface area contributed by atoms with Gasteiger partial charge in [0.25, 0.3) is 0 Å².